The Kier molecular flexibility index (Phi) is 3.44. The molecule has 0 aliphatic rings. The summed E-state index contributed by atoms with van der Waals surface area (Å²) in [4.78, 5) is 10.0. The van der Waals surface area contributed by atoms with Crippen molar-refractivity contribution in [3.63, 3.8) is 0 Å². The summed E-state index contributed by atoms with van der Waals surface area (Å²) in [6.45, 7) is -0.226. The molecule has 1 aromatic rings. The van der Waals surface area contributed by atoms with E-state index in [-0.39, 0.29) is 6.54 Å². The Balaban J connectivity index is 2.37. The summed E-state index contributed by atoms with van der Waals surface area (Å²) >= 11 is 0. The molecule has 0 bridgehead atoms. The first-order valence-electron chi connectivity index (χ1n) is 3.69. The average Bonchev–Trinajstić information content (AvgIpc) is 2.14. The molecule has 13 heavy (non-hydrogen) atoms. The van der Waals surface area contributed by atoms with Gasteiger partial charge in [0, 0.05) is 0 Å². The topological polar surface area (TPSA) is 74.0 Å². The van der Waals surface area contributed by atoms with E-state index in [1.165, 1.54) is 0 Å². The highest BCUT2D eigenvalue weighted by atomic mass is 16.4. The van der Waals surface area contributed by atoms with Gasteiger partial charge in [-0.2, -0.15) is 0 Å². The number of carboxylic acids is 1. The van der Waals surface area contributed by atoms with Crippen LogP contribution in [0.15, 0.2) is 40.7 Å². The summed E-state index contributed by atoms with van der Waals surface area (Å²) in [6, 6.07) is 9.05. The number of hydrogen-bond acceptors (Lipinski definition) is 3. The Morgan fingerprint density at radius 3 is 2.69 bits per heavy atom. The van der Waals surface area contributed by atoms with Crippen molar-refractivity contribution in [3.8, 4) is 0 Å². The molecule has 5 nitrogen and oxygen atoms in total. The molecule has 2 N–H and O–H groups in total. The van der Waals surface area contributed by atoms with E-state index in [1.807, 2.05) is 18.2 Å². The van der Waals surface area contributed by atoms with Gasteiger partial charge < -0.3 is 5.11 Å². The van der Waals surface area contributed by atoms with Crippen molar-refractivity contribution in [1.82, 2.24) is 5.43 Å². The quantitative estimate of drug-likeness (QED) is 0.541. The number of nitrogens with zero attached hydrogens (tertiary/aromatic N) is 2. The average molecular weight is 179 g/mol. The lowest BCUT2D eigenvalue weighted by Crippen LogP contribution is -2.16. The van der Waals surface area contributed by atoms with Gasteiger partial charge in [-0.1, -0.05) is 23.4 Å². The zero-order chi connectivity index (χ0) is 9.52. The Labute approximate surface area is 75.1 Å². The van der Waals surface area contributed by atoms with Crippen LogP contribution in [0.4, 0.5) is 5.69 Å². The van der Waals surface area contributed by atoms with E-state index in [9.17, 15) is 4.79 Å². The number of aliphatic carboxylic acids is 1. The minimum Gasteiger partial charge on any atom is -0.480 e. The van der Waals surface area contributed by atoms with Gasteiger partial charge in [-0.15, -0.1) is 5.11 Å². The molecule has 1 aromatic carbocycles. The van der Waals surface area contributed by atoms with Crippen LogP contribution in [-0.4, -0.2) is 17.6 Å². The molecule has 0 fully saturated rings. The minimum atomic E-state index is -0.966. The number of benzene rings is 1. The fourth-order valence-electron chi connectivity index (χ4n) is 0.691. The van der Waals surface area contributed by atoms with Crippen molar-refractivity contribution in [2.75, 3.05) is 6.54 Å². The number of nitrogens with one attached hydrogen (secondary N) is 1. The van der Waals surface area contributed by atoms with E-state index >= 15 is 0 Å². The third kappa shape index (κ3) is 3.85. The summed E-state index contributed by atoms with van der Waals surface area (Å²) in [5.74, 6) is -0.966. The highest BCUT2D eigenvalue weighted by molar-refractivity contribution is 5.68. The van der Waals surface area contributed by atoms with E-state index in [0.717, 1.165) is 0 Å². The molecule has 0 aliphatic carbocycles. The van der Waals surface area contributed by atoms with Crippen molar-refractivity contribution in [1.29, 1.82) is 0 Å². The maximum Gasteiger partial charge on any atom is 0.324 e. The maximum absolute atomic E-state index is 10.0. The third-order valence-electron chi connectivity index (χ3n) is 1.22. The van der Waals surface area contributed by atoms with Gasteiger partial charge in [-0.05, 0) is 12.1 Å². The van der Waals surface area contributed by atoms with Gasteiger partial charge in [0.15, 0.2) is 0 Å². The van der Waals surface area contributed by atoms with Gasteiger partial charge in [-0.3, -0.25) is 10.2 Å². The summed E-state index contributed by atoms with van der Waals surface area (Å²) in [6.07, 6.45) is 0. The SMILES string of the molecule is O=C(O)CNN=Nc1ccccc1. The highest BCUT2D eigenvalue weighted by Crippen LogP contribution is 2.08. The predicted molar refractivity (Wildman–Crippen MR) is 46.6 cm³/mol. The Bertz CT molecular complexity index is 298. The molecule has 0 aromatic heterocycles. The Morgan fingerprint density at radius 1 is 1.38 bits per heavy atom. The van der Waals surface area contributed by atoms with Crippen LogP contribution in [0.25, 0.3) is 0 Å². The summed E-state index contributed by atoms with van der Waals surface area (Å²) in [7, 11) is 0. The van der Waals surface area contributed by atoms with Gasteiger partial charge in [0.05, 0.1) is 5.69 Å². The van der Waals surface area contributed by atoms with Gasteiger partial charge in [0.1, 0.15) is 6.54 Å². The standard InChI is InChI=1S/C8H9N3O2/c12-8(13)6-9-11-10-7-4-2-1-3-5-7/h1-5H,6H2,(H,9,10)(H,12,13). The van der Waals surface area contributed by atoms with Crippen LogP contribution in [0.1, 0.15) is 0 Å². The Morgan fingerprint density at radius 2 is 2.08 bits per heavy atom. The molecule has 1 rings (SSSR count). The normalized spacial score (nSPS) is 10.2. The molecular weight excluding hydrogens is 170 g/mol. The molecule has 5 heteroatoms. The molecule has 0 radical (unpaired) electrons. The molecule has 0 spiro atoms. The molecule has 0 saturated heterocycles. The van der Waals surface area contributed by atoms with Crippen molar-refractivity contribution in [2.45, 2.75) is 0 Å². The molecule has 0 atom stereocenters. The second-order valence-corrected chi connectivity index (χ2v) is 2.26. The second kappa shape index (κ2) is 4.87. The molecule has 0 saturated carbocycles. The first kappa shape index (κ1) is 9.18. The van der Waals surface area contributed by atoms with Crippen molar-refractivity contribution < 1.29 is 9.90 Å². The fourth-order valence-corrected chi connectivity index (χ4v) is 0.691. The smallest absolute Gasteiger partial charge is 0.324 e. The highest BCUT2D eigenvalue weighted by Gasteiger charge is 1.91. The lowest BCUT2D eigenvalue weighted by atomic mass is 10.3. The maximum atomic E-state index is 10.0. The van der Waals surface area contributed by atoms with Crippen molar-refractivity contribution >= 4 is 11.7 Å². The van der Waals surface area contributed by atoms with Crippen LogP contribution in [-0.2, 0) is 4.79 Å². The third-order valence-corrected chi connectivity index (χ3v) is 1.22. The molecule has 0 aliphatic heterocycles. The second-order valence-electron chi connectivity index (χ2n) is 2.26. The monoisotopic (exact) mass is 179 g/mol. The zero-order valence-corrected chi connectivity index (χ0v) is 6.84. The predicted octanol–water partition coefficient (Wildman–Crippen LogP) is 1.36. The van der Waals surface area contributed by atoms with Gasteiger partial charge >= 0.3 is 5.97 Å². The minimum absolute atomic E-state index is 0.226. The van der Waals surface area contributed by atoms with Gasteiger partial charge in [0.25, 0.3) is 0 Å². The van der Waals surface area contributed by atoms with Crippen molar-refractivity contribution in [2.24, 2.45) is 10.3 Å². The van der Waals surface area contributed by atoms with Crippen LogP contribution < -0.4 is 5.43 Å². The van der Waals surface area contributed by atoms with E-state index in [2.05, 4.69) is 15.8 Å². The lowest BCUT2D eigenvalue weighted by Gasteiger charge is -1.92. The molecule has 0 amide bonds. The summed E-state index contributed by atoms with van der Waals surface area (Å²) in [5, 5.41) is 15.5. The van der Waals surface area contributed by atoms with Crippen LogP contribution in [0, 0.1) is 0 Å². The zero-order valence-electron chi connectivity index (χ0n) is 6.84. The fraction of sp³-hybridized carbons (Fsp3) is 0.125. The first-order chi connectivity index (χ1) is 6.29. The largest absolute Gasteiger partial charge is 0.480 e. The lowest BCUT2D eigenvalue weighted by molar-refractivity contribution is -0.135. The van der Waals surface area contributed by atoms with Gasteiger partial charge in [-0.25, -0.2) is 0 Å². The summed E-state index contributed by atoms with van der Waals surface area (Å²) < 4.78 is 0. The molecule has 68 valence electrons. The number of rotatable bonds is 4. The van der Waals surface area contributed by atoms with Crippen molar-refractivity contribution in [3.05, 3.63) is 30.3 Å². The van der Waals surface area contributed by atoms with Crippen LogP contribution in [0.5, 0.6) is 0 Å². The van der Waals surface area contributed by atoms with Crippen LogP contribution in [0.2, 0.25) is 0 Å². The summed E-state index contributed by atoms with van der Waals surface area (Å²) in [5.41, 5.74) is 2.97. The number of carbonyl (C=O) groups is 1. The van der Waals surface area contributed by atoms with E-state index in [4.69, 9.17) is 5.11 Å². The first-order valence-corrected chi connectivity index (χ1v) is 3.69. The van der Waals surface area contributed by atoms with Crippen LogP contribution >= 0.6 is 0 Å². The van der Waals surface area contributed by atoms with E-state index in [1.54, 1.807) is 12.1 Å². The molecular formula is C8H9N3O2. The van der Waals surface area contributed by atoms with E-state index in [0.29, 0.717) is 5.69 Å². The van der Waals surface area contributed by atoms with Crippen LogP contribution in [0.3, 0.4) is 0 Å². The van der Waals surface area contributed by atoms with E-state index < -0.39 is 5.97 Å². The van der Waals surface area contributed by atoms with Gasteiger partial charge in [0.2, 0.25) is 0 Å². The Hall–Kier alpha value is -1.91. The number of carboxylic acid groups (broad SMARTS) is 1. The molecule has 0 heterocycles. The molecule has 0 unspecified atom stereocenters. The number of hydrogen-bond donors (Lipinski definition) is 2.